The van der Waals surface area contributed by atoms with Crippen LogP contribution in [0.25, 0.3) is 0 Å². The quantitative estimate of drug-likeness (QED) is 0.301. The first-order chi connectivity index (χ1) is 16.3. The summed E-state index contributed by atoms with van der Waals surface area (Å²) in [5.74, 6) is 1.71. The van der Waals surface area contributed by atoms with Gasteiger partial charge < -0.3 is 0 Å². The van der Waals surface area contributed by atoms with E-state index in [0.717, 1.165) is 11.8 Å². The molecule has 5 atom stereocenters. The van der Waals surface area contributed by atoms with Crippen molar-refractivity contribution in [2.75, 3.05) is 12.3 Å². The van der Waals surface area contributed by atoms with Gasteiger partial charge in [-0.1, -0.05) is 128 Å². The highest BCUT2D eigenvalue weighted by atomic mass is 32.4. The van der Waals surface area contributed by atoms with Crippen LogP contribution in [0.2, 0.25) is 0 Å². The highest BCUT2D eigenvalue weighted by Crippen LogP contribution is 2.67. The summed E-state index contributed by atoms with van der Waals surface area (Å²) >= 11 is 0. The molecule has 33 heavy (non-hydrogen) atoms. The molecule has 0 radical (unpaired) electrons. The minimum absolute atomic E-state index is 0.142. The molecule has 1 aliphatic heterocycles. The second kappa shape index (κ2) is 14.4. The van der Waals surface area contributed by atoms with Crippen LogP contribution in [0.1, 0.15) is 48.8 Å². The van der Waals surface area contributed by atoms with Gasteiger partial charge in [-0.15, -0.1) is 0 Å². The van der Waals surface area contributed by atoms with Crippen LogP contribution in [0.15, 0.2) is 91.0 Å². The molecule has 1 aliphatic rings. The second-order valence-corrected chi connectivity index (χ2v) is 18.1. The van der Waals surface area contributed by atoms with E-state index in [4.69, 9.17) is 0 Å². The summed E-state index contributed by atoms with van der Waals surface area (Å²) < 4.78 is 0. The molecular formula is C30H39P3. The van der Waals surface area contributed by atoms with Crippen LogP contribution in [-0.2, 0) is 19.0 Å². The zero-order chi connectivity index (χ0) is 22.6. The molecule has 0 saturated carbocycles. The number of rotatable bonds is 6. The normalized spacial score (nSPS) is 24.2. The predicted octanol–water partition coefficient (Wildman–Crippen LogP) is 9.54. The van der Waals surface area contributed by atoms with E-state index >= 15 is 0 Å². The molecule has 0 nitrogen and oxygen atoms in total. The monoisotopic (exact) mass is 492 g/mol. The maximum absolute atomic E-state index is 2.35. The molecule has 0 N–H and O–H groups in total. The van der Waals surface area contributed by atoms with Gasteiger partial charge in [0.15, 0.2) is 0 Å². The largest absolute Gasteiger partial charge is 0.0944 e. The maximum Gasteiger partial charge on any atom is -0.00336 e. The fourth-order valence-electron chi connectivity index (χ4n) is 5.07. The average Bonchev–Trinajstić information content (AvgIpc) is 2.85. The first kappa shape index (κ1) is 25.1. The number of benzene rings is 3. The Kier molecular flexibility index (Phi) is 10.9. The van der Waals surface area contributed by atoms with Gasteiger partial charge in [-0.25, -0.2) is 0 Å². The van der Waals surface area contributed by atoms with Crippen molar-refractivity contribution in [2.24, 2.45) is 11.8 Å². The average molecular weight is 493 g/mol. The summed E-state index contributed by atoms with van der Waals surface area (Å²) in [7, 11) is 2.51. The zero-order valence-electron chi connectivity index (χ0n) is 19.8. The molecule has 5 unspecified atom stereocenters. The Labute approximate surface area is 206 Å². The van der Waals surface area contributed by atoms with Crippen LogP contribution >= 0.6 is 23.8 Å². The standard InChI is InChI=1S/C30H39P3/c1-4-12-26(13-5-1)22-28-18-10-19-30(23-27-14-6-2-7-15-27)24-31-32-33(21-11-20-28)25-29-16-8-3-9-17-29/h1-9,12-17,28,30-32H,10-11,18-25H2. The molecule has 0 spiro atoms. The van der Waals surface area contributed by atoms with Crippen LogP contribution in [0.5, 0.6) is 0 Å². The summed E-state index contributed by atoms with van der Waals surface area (Å²) in [6, 6.07) is 33.8. The lowest BCUT2D eigenvalue weighted by molar-refractivity contribution is 0.397. The van der Waals surface area contributed by atoms with Crippen molar-refractivity contribution in [3.8, 4) is 0 Å². The summed E-state index contributed by atoms with van der Waals surface area (Å²) in [6.45, 7) is 0. The van der Waals surface area contributed by atoms with E-state index in [1.807, 2.05) is 0 Å². The molecule has 1 heterocycles. The van der Waals surface area contributed by atoms with Crippen molar-refractivity contribution in [3.05, 3.63) is 108 Å². The molecule has 0 amide bonds. The van der Waals surface area contributed by atoms with Crippen molar-refractivity contribution < 1.29 is 0 Å². The summed E-state index contributed by atoms with van der Waals surface area (Å²) in [6.07, 6.45) is 13.9. The smallest absolute Gasteiger partial charge is 0.00336 e. The molecule has 1 fully saturated rings. The lowest BCUT2D eigenvalue weighted by Crippen LogP contribution is -2.11. The van der Waals surface area contributed by atoms with Gasteiger partial charge in [-0.05, 0) is 79.1 Å². The van der Waals surface area contributed by atoms with Gasteiger partial charge in [0.05, 0.1) is 0 Å². The summed E-state index contributed by atoms with van der Waals surface area (Å²) in [5, 5.41) is 0. The topological polar surface area (TPSA) is 0 Å². The fourth-order valence-corrected chi connectivity index (χ4v) is 15.5. The van der Waals surface area contributed by atoms with Crippen molar-refractivity contribution in [1.82, 2.24) is 0 Å². The van der Waals surface area contributed by atoms with Crippen molar-refractivity contribution in [3.63, 3.8) is 0 Å². The van der Waals surface area contributed by atoms with E-state index in [1.165, 1.54) is 90.8 Å². The van der Waals surface area contributed by atoms with Gasteiger partial charge in [0.1, 0.15) is 0 Å². The third kappa shape index (κ3) is 9.25. The Balaban J connectivity index is 1.42. The van der Waals surface area contributed by atoms with E-state index < -0.39 is 0 Å². The van der Waals surface area contributed by atoms with Gasteiger partial charge in [0.2, 0.25) is 0 Å². The second-order valence-electron chi connectivity index (χ2n) is 9.58. The Bertz CT molecular complexity index is 763. The van der Waals surface area contributed by atoms with E-state index in [2.05, 4.69) is 91.0 Å². The Morgan fingerprint density at radius 2 is 1.12 bits per heavy atom. The third-order valence-electron chi connectivity index (χ3n) is 6.84. The molecule has 3 heteroatoms. The lowest BCUT2D eigenvalue weighted by Gasteiger charge is -2.25. The van der Waals surface area contributed by atoms with Crippen molar-refractivity contribution in [2.45, 2.75) is 51.1 Å². The minimum Gasteiger partial charge on any atom is -0.0944 e. The molecule has 3 aromatic carbocycles. The Morgan fingerprint density at radius 3 is 1.76 bits per heavy atom. The van der Waals surface area contributed by atoms with Crippen LogP contribution in [0.3, 0.4) is 0 Å². The van der Waals surface area contributed by atoms with Gasteiger partial charge in [0, 0.05) is 0 Å². The van der Waals surface area contributed by atoms with Crippen LogP contribution in [0.4, 0.5) is 0 Å². The lowest BCUT2D eigenvalue weighted by atomic mass is 9.88. The Hall–Kier alpha value is -1.05. The van der Waals surface area contributed by atoms with Gasteiger partial charge in [-0.3, -0.25) is 0 Å². The summed E-state index contributed by atoms with van der Waals surface area (Å²) in [5.41, 5.74) is 4.63. The highest BCUT2D eigenvalue weighted by Gasteiger charge is 2.18. The van der Waals surface area contributed by atoms with E-state index in [0.29, 0.717) is 0 Å². The zero-order valence-corrected chi connectivity index (χ0v) is 22.7. The highest BCUT2D eigenvalue weighted by molar-refractivity contribution is 8.48. The third-order valence-corrected chi connectivity index (χ3v) is 17.2. The van der Waals surface area contributed by atoms with Crippen molar-refractivity contribution in [1.29, 1.82) is 0 Å². The van der Waals surface area contributed by atoms with Crippen LogP contribution in [-0.4, -0.2) is 12.3 Å². The first-order valence-electron chi connectivity index (χ1n) is 12.7. The molecule has 4 rings (SSSR count). The van der Waals surface area contributed by atoms with E-state index in [-0.39, 0.29) is 7.61 Å². The van der Waals surface area contributed by atoms with Gasteiger partial charge >= 0.3 is 0 Å². The molecule has 174 valence electrons. The van der Waals surface area contributed by atoms with E-state index in [1.54, 1.807) is 5.56 Å². The van der Waals surface area contributed by atoms with Crippen LogP contribution in [0, 0.1) is 11.8 Å². The van der Waals surface area contributed by atoms with E-state index in [9.17, 15) is 0 Å². The number of hydrogen-bond acceptors (Lipinski definition) is 0. The van der Waals surface area contributed by atoms with Gasteiger partial charge in [-0.2, -0.15) is 0 Å². The minimum atomic E-state index is 0.142. The first-order valence-corrected chi connectivity index (χ1v) is 18.5. The molecule has 0 aromatic heterocycles. The molecule has 0 bridgehead atoms. The SMILES string of the molecule is c1ccc(CC2CCCC(Cc3ccccc3)CPPP(Cc3ccccc3)CCC2)cc1. The Morgan fingerprint density at radius 1 is 0.606 bits per heavy atom. The predicted molar refractivity (Wildman–Crippen MR) is 154 cm³/mol. The molecule has 1 saturated heterocycles. The fraction of sp³-hybridized carbons (Fsp3) is 0.400. The number of hydrogen-bond donors (Lipinski definition) is 0. The summed E-state index contributed by atoms with van der Waals surface area (Å²) in [4.78, 5) is 0. The van der Waals surface area contributed by atoms with Crippen molar-refractivity contribution >= 4 is 23.8 Å². The van der Waals surface area contributed by atoms with Crippen LogP contribution < -0.4 is 0 Å². The molecular weight excluding hydrogens is 453 g/mol. The van der Waals surface area contributed by atoms with Gasteiger partial charge in [0.25, 0.3) is 0 Å². The molecule has 0 aliphatic carbocycles. The molecule has 3 aromatic rings. The maximum atomic E-state index is 2.35.